The first kappa shape index (κ1) is 23.8. The van der Waals surface area contributed by atoms with Crippen LogP contribution in [0.15, 0.2) is 23.1 Å². The van der Waals surface area contributed by atoms with Gasteiger partial charge in [0, 0.05) is 29.7 Å². The molecular weight excluding hydrogens is 414 g/mol. The van der Waals surface area contributed by atoms with Crippen molar-refractivity contribution in [3.63, 3.8) is 0 Å². The number of thiazole rings is 1. The fraction of sp³-hybridized carbons (Fsp3) is 0.625. The molecule has 3 heterocycles. The highest BCUT2D eigenvalue weighted by Gasteiger charge is 2.41. The zero-order chi connectivity index (χ0) is 22.6. The summed E-state index contributed by atoms with van der Waals surface area (Å²) in [4.78, 5) is 29.6. The van der Waals surface area contributed by atoms with Crippen molar-refractivity contribution >= 4 is 29.2 Å². The van der Waals surface area contributed by atoms with Crippen molar-refractivity contribution in [1.82, 2.24) is 4.98 Å². The number of aliphatic hydroxyl groups is 1. The van der Waals surface area contributed by atoms with E-state index in [9.17, 15) is 14.7 Å². The average molecular weight is 448 g/mol. The summed E-state index contributed by atoms with van der Waals surface area (Å²) in [6, 6.07) is 0. The number of epoxide rings is 1. The van der Waals surface area contributed by atoms with Crippen molar-refractivity contribution < 1.29 is 24.2 Å². The number of esters is 1. The summed E-state index contributed by atoms with van der Waals surface area (Å²) >= 11 is 1.58. The van der Waals surface area contributed by atoms with E-state index in [0.717, 1.165) is 35.5 Å². The van der Waals surface area contributed by atoms with Gasteiger partial charge in [-0.15, -0.1) is 11.3 Å². The van der Waals surface area contributed by atoms with Gasteiger partial charge in [-0.1, -0.05) is 18.9 Å². The van der Waals surface area contributed by atoms with Crippen LogP contribution in [0, 0.1) is 12.3 Å². The van der Waals surface area contributed by atoms with Crippen molar-refractivity contribution in [2.45, 2.75) is 90.6 Å². The second-order valence-electron chi connectivity index (χ2n) is 9.17. The molecule has 31 heavy (non-hydrogen) atoms. The van der Waals surface area contributed by atoms with Gasteiger partial charge in [-0.25, -0.2) is 9.78 Å². The summed E-state index contributed by atoms with van der Waals surface area (Å²) in [5, 5.41) is 13.2. The maximum absolute atomic E-state index is 12.6. The molecule has 0 bridgehead atoms. The molecule has 0 unspecified atom stereocenters. The van der Waals surface area contributed by atoms with Crippen LogP contribution >= 0.6 is 11.3 Å². The number of fused-ring (bicyclic) bond motifs is 1. The number of allylic oxidation sites excluding steroid dienone is 1. The molecule has 1 fully saturated rings. The Morgan fingerprint density at radius 2 is 2.00 bits per heavy atom. The van der Waals surface area contributed by atoms with Gasteiger partial charge >= 0.3 is 5.97 Å². The summed E-state index contributed by atoms with van der Waals surface area (Å²) in [7, 11) is 0. The van der Waals surface area contributed by atoms with Gasteiger partial charge in [-0.05, 0) is 52.2 Å². The molecule has 1 N–H and O–H groups in total. The molecule has 3 rings (SSSR count). The Balaban J connectivity index is 1.77. The molecule has 1 aromatic rings. The number of aromatic nitrogens is 1. The van der Waals surface area contributed by atoms with E-state index < -0.39 is 23.6 Å². The van der Waals surface area contributed by atoms with E-state index in [-0.39, 0.29) is 24.4 Å². The molecule has 2 aliphatic rings. The number of carbonyl (C=O) groups is 2. The van der Waals surface area contributed by atoms with E-state index >= 15 is 0 Å². The molecule has 0 saturated carbocycles. The number of ketones is 1. The number of hydrogen-bond donors (Lipinski definition) is 1. The normalized spacial score (nSPS) is 31.6. The standard InChI is InChI=1S/C24H33NO5S/c1-15(11-17-14-31-16(2)25-17)20-13-21-19(29-21)8-6-5-7-18(26)12-22(27)24(3,4)10-9-23(28)30-20/h9-11,14,18-21,26H,5-8,12-13H2,1-4H3/b10-9+,15-11+/t18-,19+,20-,21-/m0/s1. The van der Waals surface area contributed by atoms with E-state index in [1.165, 1.54) is 6.08 Å². The number of aliphatic hydroxyl groups excluding tert-OH is 1. The van der Waals surface area contributed by atoms with Crippen LogP contribution < -0.4 is 0 Å². The Hall–Kier alpha value is -1.83. The molecule has 170 valence electrons. The van der Waals surface area contributed by atoms with E-state index in [2.05, 4.69) is 4.98 Å². The summed E-state index contributed by atoms with van der Waals surface area (Å²) in [5.74, 6) is -0.578. The largest absolute Gasteiger partial charge is 0.455 e. The van der Waals surface area contributed by atoms with Crippen LogP contribution in [0.25, 0.3) is 6.08 Å². The summed E-state index contributed by atoms with van der Waals surface area (Å²) in [6.07, 6.45) is 8.02. The maximum Gasteiger partial charge on any atom is 0.331 e. The predicted octanol–water partition coefficient (Wildman–Crippen LogP) is 4.40. The third-order valence-corrected chi connectivity index (χ3v) is 6.76. The second kappa shape index (κ2) is 10.2. The van der Waals surface area contributed by atoms with Gasteiger partial charge in [0.25, 0.3) is 0 Å². The van der Waals surface area contributed by atoms with E-state index in [1.807, 2.05) is 25.3 Å². The molecule has 1 aromatic heterocycles. The molecule has 2 aliphatic heterocycles. The van der Waals surface area contributed by atoms with Gasteiger partial charge in [0.15, 0.2) is 0 Å². The number of carbonyl (C=O) groups excluding carboxylic acids is 2. The second-order valence-corrected chi connectivity index (χ2v) is 10.2. The number of hydrogen-bond acceptors (Lipinski definition) is 7. The number of nitrogens with zero attached hydrogens (tertiary/aromatic N) is 1. The van der Waals surface area contributed by atoms with Crippen LogP contribution in [-0.2, 0) is 19.1 Å². The smallest absolute Gasteiger partial charge is 0.331 e. The van der Waals surface area contributed by atoms with Gasteiger partial charge in [0.2, 0.25) is 0 Å². The predicted molar refractivity (Wildman–Crippen MR) is 121 cm³/mol. The summed E-state index contributed by atoms with van der Waals surface area (Å²) < 4.78 is 11.6. The number of aryl methyl sites for hydroxylation is 1. The van der Waals surface area contributed by atoms with Crippen molar-refractivity contribution in [2.75, 3.05) is 0 Å². The van der Waals surface area contributed by atoms with Crippen LogP contribution in [0.5, 0.6) is 0 Å². The van der Waals surface area contributed by atoms with E-state index in [0.29, 0.717) is 12.8 Å². The lowest BCUT2D eigenvalue weighted by molar-refractivity contribution is -0.141. The Kier molecular flexibility index (Phi) is 7.83. The first-order valence-electron chi connectivity index (χ1n) is 11.0. The molecule has 0 spiro atoms. The minimum absolute atomic E-state index is 0.0677. The lowest BCUT2D eigenvalue weighted by atomic mass is 9.84. The van der Waals surface area contributed by atoms with Crippen molar-refractivity contribution in [2.24, 2.45) is 5.41 Å². The third-order valence-electron chi connectivity index (χ3n) is 5.96. The van der Waals surface area contributed by atoms with Crippen molar-refractivity contribution in [3.8, 4) is 0 Å². The first-order chi connectivity index (χ1) is 14.6. The number of rotatable bonds is 2. The fourth-order valence-corrected chi connectivity index (χ4v) is 4.37. The lowest BCUT2D eigenvalue weighted by Gasteiger charge is -2.21. The number of Topliss-reactive ketones (excluding diaryl/α,β-unsaturated/α-hetero) is 1. The molecular formula is C24H33NO5S. The van der Waals surface area contributed by atoms with Gasteiger partial charge in [-0.2, -0.15) is 0 Å². The van der Waals surface area contributed by atoms with E-state index in [4.69, 9.17) is 9.47 Å². The molecule has 0 aromatic carbocycles. The number of cyclic esters (lactones) is 1. The molecule has 7 heteroatoms. The highest BCUT2D eigenvalue weighted by atomic mass is 32.1. The molecule has 4 atom stereocenters. The van der Waals surface area contributed by atoms with Crippen molar-refractivity contribution in [1.29, 1.82) is 0 Å². The van der Waals surface area contributed by atoms with Crippen LogP contribution in [0.4, 0.5) is 0 Å². The highest BCUT2D eigenvalue weighted by molar-refractivity contribution is 7.09. The summed E-state index contributed by atoms with van der Waals surface area (Å²) in [6.45, 7) is 7.41. The molecule has 6 nitrogen and oxygen atoms in total. The van der Waals surface area contributed by atoms with Crippen molar-refractivity contribution in [3.05, 3.63) is 33.8 Å². The van der Waals surface area contributed by atoms with Crippen LogP contribution in [0.2, 0.25) is 0 Å². The highest BCUT2D eigenvalue weighted by Crippen LogP contribution is 2.34. The Bertz CT molecular complexity index is 856. The minimum Gasteiger partial charge on any atom is -0.455 e. The average Bonchev–Trinajstić information content (AvgIpc) is 3.31. The van der Waals surface area contributed by atoms with Gasteiger partial charge in [-0.3, -0.25) is 4.79 Å². The Morgan fingerprint density at radius 1 is 1.26 bits per heavy atom. The quantitative estimate of drug-likeness (QED) is 0.534. The topological polar surface area (TPSA) is 89.0 Å². The Labute approximate surface area is 188 Å². The minimum atomic E-state index is -0.847. The molecule has 0 radical (unpaired) electrons. The fourth-order valence-electron chi connectivity index (χ4n) is 3.80. The SMILES string of the molecule is C/C(=C\c1csc(C)n1)[C@@H]1C[C@@H]2O[C@@H]2CCCC[C@H](O)CC(=O)C(C)(C)/C=C/C(=O)O1. The monoisotopic (exact) mass is 447 g/mol. The molecule has 0 aliphatic carbocycles. The Morgan fingerprint density at radius 3 is 2.71 bits per heavy atom. The van der Waals surface area contributed by atoms with Crippen LogP contribution in [-0.4, -0.2) is 46.3 Å². The first-order valence-corrected chi connectivity index (χ1v) is 11.9. The lowest BCUT2D eigenvalue weighted by Crippen LogP contribution is -2.27. The zero-order valence-electron chi connectivity index (χ0n) is 18.8. The van der Waals surface area contributed by atoms with Crippen LogP contribution in [0.3, 0.4) is 0 Å². The summed E-state index contributed by atoms with van der Waals surface area (Å²) in [5.41, 5.74) is 0.929. The maximum atomic E-state index is 12.6. The third kappa shape index (κ3) is 7.09. The van der Waals surface area contributed by atoms with Gasteiger partial charge in [0.05, 0.1) is 29.0 Å². The van der Waals surface area contributed by atoms with Crippen LogP contribution in [0.1, 0.15) is 70.0 Å². The van der Waals surface area contributed by atoms with Gasteiger partial charge < -0.3 is 14.6 Å². The van der Waals surface area contributed by atoms with E-state index in [1.54, 1.807) is 31.3 Å². The molecule has 0 amide bonds. The number of ether oxygens (including phenoxy) is 2. The van der Waals surface area contributed by atoms with Gasteiger partial charge in [0.1, 0.15) is 11.9 Å². The zero-order valence-corrected chi connectivity index (χ0v) is 19.6. The molecule has 1 saturated heterocycles.